The molecule has 1 aromatic rings. The van der Waals surface area contributed by atoms with Crippen molar-refractivity contribution in [2.24, 2.45) is 0 Å². The van der Waals surface area contributed by atoms with Crippen LogP contribution in [-0.4, -0.2) is 36.6 Å². The molecule has 0 aliphatic carbocycles. The first-order valence-corrected chi connectivity index (χ1v) is 8.40. The molecule has 0 radical (unpaired) electrons. The highest BCUT2D eigenvalue weighted by atomic mass is 35.5. The summed E-state index contributed by atoms with van der Waals surface area (Å²) in [5.74, 6) is 0. The van der Waals surface area contributed by atoms with Crippen molar-refractivity contribution < 1.29 is 0 Å². The van der Waals surface area contributed by atoms with E-state index in [1.807, 2.05) is 12.1 Å². The molecule has 0 N–H and O–H groups in total. The van der Waals surface area contributed by atoms with Gasteiger partial charge in [0.2, 0.25) is 0 Å². The van der Waals surface area contributed by atoms with E-state index in [2.05, 4.69) is 22.8 Å². The molecular formula is C16H22Cl2N2. The lowest BCUT2D eigenvalue weighted by Crippen LogP contribution is -2.59. The van der Waals surface area contributed by atoms with Crippen LogP contribution in [0.1, 0.15) is 32.6 Å². The highest BCUT2D eigenvalue weighted by Crippen LogP contribution is 2.32. The molecule has 2 nitrogen and oxygen atoms in total. The normalized spacial score (nSPS) is 27.4. The standard InChI is InChI=1S/C16H22Cl2N2/c1-2-12-10-19-8-4-3-5-14(19)11-20(12)13-6-7-15(17)16(18)9-13/h6-7,9,12,14H,2-5,8,10-11H2,1H3. The van der Waals surface area contributed by atoms with Gasteiger partial charge in [-0.2, -0.15) is 0 Å². The first kappa shape index (κ1) is 14.5. The average molecular weight is 313 g/mol. The third-order valence-electron chi connectivity index (χ3n) is 4.75. The number of anilines is 1. The molecule has 2 unspecified atom stereocenters. The fourth-order valence-corrected chi connectivity index (χ4v) is 3.87. The van der Waals surface area contributed by atoms with Crippen molar-refractivity contribution in [1.82, 2.24) is 4.90 Å². The number of nitrogens with zero attached hydrogens (tertiary/aromatic N) is 2. The molecule has 4 heteroatoms. The van der Waals surface area contributed by atoms with Gasteiger partial charge in [0.25, 0.3) is 0 Å². The Labute approximate surface area is 131 Å². The van der Waals surface area contributed by atoms with Gasteiger partial charge in [0.15, 0.2) is 0 Å². The van der Waals surface area contributed by atoms with Gasteiger partial charge in [0.1, 0.15) is 0 Å². The van der Waals surface area contributed by atoms with Crippen LogP contribution < -0.4 is 4.90 Å². The third-order valence-corrected chi connectivity index (χ3v) is 5.49. The topological polar surface area (TPSA) is 6.48 Å². The fraction of sp³-hybridized carbons (Fsp3) is 0.625. The van der Waals surface area contributed by atoms with Gasteiger partial charge in [-0.1, -0.05) is 36.5 Å². The van der Waals surface area contributed by atoms with E-state index in [9.17, 15) is 0 Å². The number of rotatable bonds is 2. The van der Waals surface area contributed by atoms with E-state index < -0.39 is 0 Å². The summed E-state index contributed by atoms with van der Waals surface area (Å²) in [5.41, 5.74) is 1.22. The van der Waals surface area contributed by atoms with Crippen molar-refractivity contribution in [3.8, 4) is 0 Å². The number of hydrogen-bond acceptors (Lipinski definition) is 2. The molecule has 110 valence electrons. The molecule has 0 spiro atoms. The molecule has 2 atom stereocenters. The summed E-state index contributed by atoms with van der Waals surface area (Å²) < 4.78 is 0. The van der Waals surface area contributed by atoms with Crippen LogP contribution in [0.25, 0.3) is 0 Å². The van der Waals surface area contributed by atoms with Crippen LogP contribution in [0.15, 0.2) is 18.2 Å². The highest BCUT2D eigenvalue weighted by Gasteiger charge is 2.34. The number of piperidine rings is 1. The quantitative estimate of drug-likeness (QED) is 0.796. The molecule has 3 rings (SSSR count). The summed E-state index contributed by atoms with van der Waals surface area (Å²) in [5, 5.41) is 1.30. The maximum Gasteiger partial charge on any atom is 0.0612 e. The number of hydrogen-bond donors (Lipinski definition) is 0. The summed E-state index contributed by atoms with van der Waals surface area (Å²) >= 11 is 12.2. The minimum absolute atomic E-state index is 0.585. The summed E-state index contributed by atoms with van der Waals surface area (Å²) in [4.78, 5) is 5.22. The Balaban J connectivity index is 1.84. The van der Waals surface area contributed by atoms with Crippen molar-refractivity contribution in [2.45, 2.75) is 44.7 Å². The molecule has 2 aliphatic heterocycles. The Kier molecular flexibility index (Phi) is 4.44. The zero-order chi connectivity index (χ0) is 14.1. The Bertz CT molecular complexity index is 478. The zero-order valence-corrected chi connectivity index (χ0v) is 13.5. The van der Waals surface area contributed by atoms with Crippen LogP contribution in [0.5, 0.6) is 0 Å². The zero-order valence-electron chi connectivity index (χ0n) is 12.0. The largest absolute Gasteiger partial charge is 0.366 e. The first-order chi connectivity index (χ1) is 9.69. The SMILES string of the molecule is CCC1CN2CCCCC2CN1c1ccc(Cl)c(Cl)c1. The van der Waals surface area contributed by atoms with Crippen LogP contribution in [0, 0.1) is 0 Å². The minimum atomic E-state index is 0.585. The van der Waals surface area contributed by atoms with E-state index >= 15 is 0 Å². The number of piperazine rings is 1. The molecule has 1 aromatic carbocycles. The van der Waals surface area contributed by atoms with Crippen LogP contribution in [0.3, 0.4) is 0 Å². The average Bonchev–Trinajstić information content (AvgIpc) is 2.48. The van der Waals surface area contributed by atoms with E-state index in [1.165, 1.54) is 44.5 Å². The van der Waals surface area contributed by atoms with E-state index in [0.717, 1.165) is 6.54 Å². The van der Waals surface area contributed by atoms with Gasteiger partial charge >= 0.3 is 0 Å². The van der Waals surface area contributed by atoms with Crippen molar-refractivity contribution in [3.63, 3.8) is 0 Å². The number of fused-ring (bicyclic) bond motifs is 1. The summed E-state index contributed by atoms with van der Waals surface area (Å²) in [6.45, 7) is 5.85. The predicted molar refractivity (Wildman–Crippen MR) is 87.1 cm³/mol. The lowest BCUT2D eigenvalue weighted by atomic mass is 9.95. The summed E-state index contributed by atoms with van der Waals surface area (Å²) in [6.07, 6.45) is 5.23. The minimum Gasteiger partial charge on any atom is -0.366 e. The molecule has 20 heavy (non-hydrogen) atoms. The number of halogens is 2. The van der Waals surface area contributed by atoms with Crippen LogP contribution in [0.4, 0.5) is 5.69 Å². The second-order valence-corrected chi connectivity index (χ2v) is 6.77. The Morgan fingerprint density at radius 1 is 1.15 bits per heavy atom. The van der Waals surface area contributed by atoms with Gasteiger partial charge in [0, 0.05) is 30.9 Å². The van der Waals surface area contributed by atoms with E-state index in [0.29, 0.717) is 22.1 Å². The van der Waals surface area contributed by atoms with E-state index in [-0.39, 0.29) is 0 Å². The van der Waals surface area contributed by atoms with Gasteiger partial charge in [0.05, 0.1) is 10.0 Å². The molecule has 2 fully saturated rings. The molecular weight excluding hydrogens is 291 g/mol. The van der Waals surface area contributed by atoms with E-state index in [1.54, 1.807) is 0 Å². The van der Waals surface area contributed by atoms with Gasteiger partial charge in [-0.3, -0.25) is 4.90 Å². The monoisotopic (exact) mass is 312 g/mol. The maximum absolute atomic E-state index is 6.19. The van der Waals surface area contributed by atoms with Crippen molar-refractivity contribution in [3.05, 3.63) is 28.2 Å². The lowest BCUT2D eigenvalue weighted by Gasteiger charge is -2.49. The lowest BCUT2D eigenvalue weighted by molar-refractivity contribution is 0.111. The fourth-order valence-electron chi connectivity index (χ4n) is 3.58. The van der Waals surface area contributed by atoms with Crippen molar-refractivity contribution >= 4 is 28.9 Å². The molecule has 0 saturated carbocycles. The van der Waals surface area contributed by atoms with Crippen LogP contribution in [-0.2, 0) is 0 Å². The molecule has 0 aromatic heterocycles. The Morgan fingerprint density at radius 3 is 2.75 bits per heavy atom. The smallest absolute Gasteiger partial charge is 0.0612 e. The van der Waals surface area contributed by atoms with Crippen molar-refractivity contribution in [1.29, 1.82) is 0 Å². The second-order valence-electron chi connectivity index (χ2n) is 5.96. The predicted octanol–water partition coefficient (Wildman–Crippen LogP) is 4.45. The van der Waals surface area contributed by atoms with Crippen LogP contribution >= 0.6 is 23.2 Å². The summed E-state index contributed by atoms with van der Waals surface area (Å²) in [6, 6.07) is 7.34. The molecule has 0 amide bonds. The molecule has 0 bridgehead atoms. The Hall–Kier alpha value is -0.440. The third kappa shape index (κ3) is 2.79. The Morgan fingerprint density at radius 2 is 2.00 bits per heavy atom. The summed E-state index contributed by atoms with van der Waals surface area (Å²) in [7, 11) is 0. The maximum atomic E-state index is 6.19. The van der Waals surface area contributed by atoms with Gasteiger partial charge < -0.3 is 4.90 Å². The molecule has 2 heterocycles. The van der Waals surface area contributed by atoms with Crippen molar-refractivity contribution in [2.75, 3.05) is 24.5 Å². The molecule has 2 saturated heterocycles. The van der Waals surface area contributed by atoms with Crippen LogP contribution in [0.2, 0.25) is 10.0 Å². The van der Waals surface area contributed by atoms with E-state index in [4.69, 9.17) is 23.2 Å². The highest BCUT2D eigenvalue weighted by molar-refractivity contribution is 6.42. The van der Waals surface area contributed by atoms with Gasteiger partial charge in [-0.25, -0.2) is 0 Å². The van der Waals surface area contributed by atoms with Gasteiger partial charge in [-0.15, -0.1) is 0 Å². The molecule has 2 aliphatic rings. The van der Waals surface area contributed by atoms with Gasteiger partial charge in [-0.05, 0) is 44.0 Å². The number of benzene rings is 1. The second kappa shape index (κ2) is 6.13. The first-order valence-electron chi connectivity index (χ1n) is 7.64.